The highest BCUT2D eigenvalue weighted by Crippen LogP contribution is 2.26. The molecular weight excluding hydrogens is 340 g/mol. The Kier molecular flexibility index (Phi) is 6.29. The second-order valence-electron chi connectivity index (χ2n) is 6.96. The number of hydrogen-bond donors (Lipinski definition) is 0. The molecule has 1 amide bonds. The van der Waals surface area contributed by atoms with E-state index in [0.29, 0.717) is 13.1 Å². The number of rotatable bonds is 7. The minimum Gasteiger partial charge on any atom is -0.485 e. The highest BCUT2D eigenvalue weighted by Gasteiger charge is 2.28. The van der Waals surface area contributed by atoms with Crippen LogP contribution in [0, 0.1) is 0 Å². The lowest BCUT2D eigenvalue weighted by molar-refractivity contribution is -0.119. The first kappa shape index (κ1) is 19.2. The van der Waals surface area contributed by atoms with Gasteiger partial charge in [-0.05, 0) is 37.6 Å². The Balaban J connectivity index is 1.58. The van der Waals surface area contributed by atoms with Gasteiger partial charge in [-0.2, -0.15) is 0 Å². The van der Waals surface area contributed by atoms with Gasteiger partial charge in [0.1, 0.15) is 6.10 Å². The summed E-state index contributed by atoms with van der Waals surface area (Å²) >= 11 is 0. The van der Waals surface area contributed by atoms with Crippen molar-refractivity contribution in [2.24, 2.45) is 0 Å². The smallest absolute Gasteiger partial charge is 0.241 e. The molecule has 1 saturated heterocycles. The third kappa shape index (κ3) is 4.77. The van der Waals surface area contributed by atoms with E-state index in [9.17, 15) is 4.79 Å². The number of anilines is 2. The molecule has 0 radical (unpaired) electrons. The van der Waals surface area contributed by atoms with E-state index < -0.39 is 0 Å². The lowest BCUT2D eigenvalue weighted by Gasteiger charge is -2.24. The lowest BCUT2D eigenvalue weighted by Crippen LogP contribution is -2.40. The van der Waals surface area contributed by atoms with Crippen molar-refractivity contribution in [1.29, 1.82) is 0 Å². The molecule has 6 heteroatoms. The molecule has 0 saturated carbocycles. The highest BCUT2D eigenvalue weighted by atomic mass is 16.5. The van der Waals surface area contributed by atoms with Crippen LogP contribution in [0.25, 0.3) is 0 Å². The van der Waals surface area contributed by atoms with E-state index in [1.165, 1.54) is 0 Å². The Morgan fingerprint density at radius 2 is 2.00 bits per heavy atom. The summed E-state index contributed by atoms with van der Waals surface area (Å²) in [5.41, 5.74) is 0.947. The molecule has 1 aromatic carbocycles. The van der Waals surface area contributed by atoms with Crippen LogP contribution in [-0.4, -0.2) is 62.2 Å². The molecule has 0 spiro atoms. The molecule has 1 aliphatic rings. The van der Waals surface area contributed by atoms with Crippen molar-refractivity contribution in [2.45, 2.75) is 19.4 Å². The molecule has 1 unspecified atom stereocenters. The number of amides is 1. The summed E-state index contributed by atoms with van der Waals surface area (Å²) in [5.74, 6) is 1.74. The van der Waals surface area contributed by atoms with E-state index >= 15 is 0 Å². The summed E-state index contributed by atoms with van der Waals surface area (Å²) in [6, 6.07) is 13.7. The summed E-state index contributed by atoms with van der Waals surface area (Å²) < 4.78 is 6.18. The number of likely N-dealkylation sites (tertiary alicyclic amines) is 1. The fourth-order valence-electron chi connectivity index (χ4n) is 3.41. The molecule has 1 aromatic heterocycles. The van der Waals surface area contributed by atoms with Crippen molar-refractivity contribution in [1.82, 2.24) is 9.88 Å². The van der Waals surface area contributed by atoms with E-state index in [2.05, 4.69) is 9.88 Å². The first-order valence-electron chi connectivity index (χ1n) is 9.45. The molecular formula is C21H28N4O2. The molecule has 2 aromatic rings. The van der Waals surface area contributed by atoms with Crippen molar-refractivity contribution in [3.8, 4) is 5.75 Å². The van der Waals surface area contributed by atoms with Gasteiger partial charge in [-0.1, -0.05) is 18.2 Å². The zero-order valence-corrected chi connectivity index (χ0v) is 16.3. The Morgan fingerprint density at radius 3 is 2.70 bits per heavy atom. The first-order chi connectivity index (χ1) is 13.1. The molecule has 1 atom stereocenters. The molecule has 3 rings (SSSR count). The predicted molar refractivity (Wildman–Crippen MR) is 109 cm³/mol. The van der Waals surface area contributed by atoms with Crippen LogP contribution in [0.4, 0.5) is 11.5 Å². The van der Waals surface area contributed by atoms with Gasteiger partial charge in [-0.25, -0.2) is 4.98 Å². The maximum Gasteiger partial charge on any atom is 0.241 e. The molecule has 2 heterocycles. The number of carbonyl (C=O) groups excluding carboxylic acids is 1. The van der Waals surface area contributed by atoms with Crippen LogP contribution >= 0.6 is 0 Å². The van der Waals surface area contributed by atoms with Crippen molar-refractivity contribution < 1.29 is 9.53 Å². The summed E-state index contributed by atoms with van der Waals surface area (Å²) in [7, 11) is 3.91. The number of ether oxygens (including phenoxy) is 1. The van der Waals surface area contributed by atoms with Gasteiger partial charge in [-0.3, -0.25) is 9.69 Å². The number of hydrogen-bond acceptors (Lipinski definition) is 5. The van der Waals surface area contributed by atoms with E-state index in [4.69, 9.17) is 4.74 Å². The second-order valence-corrected chi connectivity index (χ2v) is 6.96. The normalized spacial score (nSPS) is 16.9. The molecule has 0 N–H and O–H groups in total. The summed E-state index contributed by atoms with van der Waals surface area (Å²) in [5, 5.41) is 0. The highest BCUT2D eigenvalue weighted by molar-refractivity contribution is 5.94. The molecule has 27 heavy (non-hydrogen) atoms. The fraction of sp³-hybridized carbons (Fsp3) is 0.429. The van der Waals surface area contributed by atoms with E-state index in [-0.39, 0.29) is 12.0 Å². The van der Waals surface area contributed by atoms with Crippen LogP contribution in [0.2, 0.25) is 0 Å². The maximum atomic E-state index is 12.8. The first-order valence-corrected chi connectivity index (χ1v) is 9.45. The SMILES string of the molecule is CCN(C(=O)CN1CCC(Oc2cccnc2N(C)C)C1)c1ccccc1. The standard InChI is InChI=1S/C21H28N4O2/c1-4-25(17-9-6-5-7-10-17)20(26)16-24-14-12-18(15-24)27-19-11-8-13-22-21(19)23(2)3/h5-11,13,18H,4,12,14-16H2,1-3H3. The van der Waals surface area contributed by atoms with Gasteiger partial charge in [0.2, 0.25) is 5.91 Å². The Bertz CT molecular complexity index is 751. The zero-order chi connectivity index (χ0) is 19.2. The van der Waals surface area contributed by atoms with Crippen LogP contribution in [0.15, 0.2) is 48.7 Å². The van der Waals surface area contributed by atoms with E-state index in [1.807, 2.05) is 73.3 Å². The number of benzene rings is 1. The van der Waals surface area contributed by atoms with Gasteiger partial charge < -0.3 is 14.5 Å². The average Bonchev–Trinajstić information content (AvgIpc) is 3.10. The quantitative estimate of drug-likeness (QED) is 0.752. The number of para-hydroxylation sites is 1. The lowest BCUT2D eigenvalue weighted by atomic mass is 10.3. The number of carbonyl (C=O) groups is 1. The van der Waals surface area contributed by atoms with E-state index in [0.717, 1.165) is 36.8 Å². The Morgan fingerprint density at radius 1 is 1.22 bits per heavy atom. The minimum atomic E-state index is 0.0764. The topological polar surface area (TPSA) is 48.9 Å². The largest absolute Gasteiger partial charge is 0.485 e. The number of aromatic nitrogens is 1. The van der Waals surface area contributed by atoms with Crippen molar-refractivity contribution in [3.05, 3.63) is 48.7 Å². The predicted octanol–water partition coefficient (Wildman–Crippen LogP) is 2.65. The minimum absolute atomic E-state index is 0.0764. The van der Waals surface area contributed by atoms with Gasteiger partial charge in [0.05, 0.1) is 6.54 Å². The molecule has 144 valence electrons. The molecule has 0 bridgehead atoms. The van der Waals surface area contributed by atoms with E-state index in [1.54, 1.807) is 6.20 Å². The average molecular weight is 368 g/mol. The van der Waals surface area contributed by atoms with Crippen LogP contribution < -0.4 is 14.5 Å². The van der Waals surface area contributed by atoms with Crippen molar-refractivity contribution >= 4 is 17.4 Å². The third-order valence-electron chi connectivity index (χ3n) is 4.74. The van der Waals surface area contributed by atoms with Crippen LogP contribution in [0.1, 0.15) is 13.3 Å². The Labute approximate surface area is 161 Å². The van der Waals surface area contributed by atoms with Gasteiger partial charge in [0, 0.05) is 45.6 Å². The summed E-state index contributed by atoms with van der Waals surface area (Å²) in [4.78, 5) is 23.1. The number of nitrogens with zero attached hydrogens (tertiary/aromatic N) is 4. The zero-order valence-electron chi connectivity index (χ0n) is 16.3. The van der Waals surface area contributed by atoms with Gasteiger partial charge in [-0.15, -0.1) is 0 Å². The molecule has 6 nitrogen and oxygen atoms in total. The van der Waals surface area contributed by atoms with Crippen molar-refractivity contribution in [3.63, 3.8) is 0 Å². The van der Waals surface area contributed by atoms with Gasteiger partial charge in [0.25, 0.3) is 0 Å². The summed E-state index contributed by atoms with van der Waals surface area (Å²) in [6.07, 6.45) is 2.75. The molecule has 1 fully saturated rings. The Hall–Kier alpha value is -2.60. The third-order valence-corrected chi connectivity index (χ3v) is 4.74. The maximum absolute atomic E-state index is 12.8. The number of pyridine rings is 1. The monoisotopic (exact) mass is 368 g/mol. The molecule has 1 aliphatic heterocycles. The summed E-state index contributed by atoms with van der Waals surface area (Å²) in [6.45, 7) is 4.70. The van der Waals surface area contributed by atoms with Gasteiger partial charge >= 0.3 is 0 Å². The van der Waals surface area contributed by atoms with Crippen LogP contribution in [-0.2, 0) is 4.79 Å². The fourth-order valence-corrected chi connectivity index (χ4v) is 3.41. The van der Waals surface area contributed by atoms with Gasteiger partial charge in [0.15, 0.2) is 11.6 Å². The van der Waals surface area contributed by atoms with Crippen LogP contribution in [0.3, 0.4) is 0 Å². The molecule has 0 aliphatic carbocycles. The van der Waals surface area contributed by atoms with Crippen LogP contribution in [0.5, 0.6) is 5.75 Å². The number of likely N-dealkylation sites (N-methyl/N-ethyl adjacent to an activating group) is 1. The van der Waals surface area contributed by atoms with Crippen molar-refractivity contribution in [2.75, 3.05) is 50.1 Å². The second kappa shape index (κ2) is 8.86.